The molecule has 0 radical (unpaired) electrons. The van der Waals surface area contributed by atoms with E-state index in [0.717, 1.165) is 18.3 Å². The van der Waals surface area contributed by atoms with Crippen LogP contribution in [0.5, 0.6) is 0 Å². The van der Waals surface area contributed by atoms with E-state index < -0.39 is 0 Å². The van der Waals surface area contributed by atoms with Gasteiger partial charge in [0.15, 0.2) is 0 Å². The Morgan fingerprint density at radius 3 is 2.45 bits per heavy atom. The van der Waals surface area contributed by atoms with Crippen LogP contribution in [0.3, 0.4) is 0 Å². The Hall–Kier alpha value is -0.850. The van der Waals surface area contributed by atoms with E-state index in [9.17, 15) is 4.79 Å². The van der Waals surface area contributed by atoms with Gasteiger partial charge in [0.2, 0.25) is 0 Å². The molecule has 0 aliphatic heterocycles. The van der Waals surface area contributed by atoms with E-state index >= 15 is 0 Å². The number of carbonyl (C=O) groups is 1. The SMILES string of the molecule is C/C=C(C=O)/C=C/CC(C)C. The topological polar surface area (TPSA) is 17.1 Å². The summed E-state index contributed by atoms with van der Waals surface area (Å²) in [4.78, 5) is 10.3. The van der Waals surface area contributed by atoms with Crippen molar-refractivity contribution in [1.29, 1.82) is 0 Å². The molecule has 11 heavy (non-hydrogen) atoms. The van der Waals surface area contributed by atoms with Crippen LogP contribution < -0.4 is 0 Å². The summed E-state index contributed by atoms with van der Waals surface area (Å²) in [6, 6.07) is 0. The van der Waals surface area contributed by atoms with Gasteiger partial charge >= 0.3 is 0 Å². The maximum Gasteiger partial charge on any atom is 0.149 e. The average Bonchev–Trinajstić information content (AvgIpc) is 1.98. The summed E-state index contributed by atoms with van der Waals surface area (Å²) in [5.74, 6) is 0.663. The largest absolute Gasteiger partial charge is 0.298 e. The van der Waals surface area contributed by atoms with Gasteiger partial charge in [0, 0.05) is 5.57 Å². The molecule has 0 aliphatic carbocycles. The molecular weight excluding hydrogens is 136 g/mol. The van der Waals surface area contributed by atoms with Crippen LogP contribution in [-0.4, -0.2) is 6.29 Å². The summed E-state index contributed by atoms with van der Waals surface area (Å²) in [5.41, 5.74) is 0.755. The summed E-state index contributed by atoms with van der Waals surface area (Å²) in [6.45, 7) is 6.17. The standard InChI is InChI=1S/C10H16O/c1-4-10(8-11)7-5-6-9(2)3/h4-5,7-9H,6H2,1-3H3/b7-5+,10-4-. The maximum absolute atomic E-state index is 10.3. The first-order valence-electron chi connectivity index (χ1n) is 3.98. The lowest BCUT2D eigenvalue weighted by atomic mass is 10.1. The van der Waals surface area contributed by atoms with Crippen molar-refractivity contribution in [2.75, 3.05) is 0 Å². The minimum Gasteiger partial charge on any atom is -0.298 e. The Kier molecular flexibility index (Phi) is 5.44. The van der Waals surface area contributed by atoms with Crippen molar-refractivity contribution < 1.29 is 4.79 Å². The van der Waals surface area contributed by atoms with Gasteiger partial charge in [-0.2, -0.15) is 0 Å². The zero-order valence-electron chi connectivity index (χ0n) is 7.50. The molecule has 0 aliphatic rings. The van der Waals surface area contributed by atoms with Crippen LogP contribution in [0, 0.1) is 5.92 Å². The summed E-state index contributed by atoms with van der Waals surface area (Å²) in [6.07, 6.45) is 7.62. The number of carbonyl (C=O) groups excluding carboxylic acids is 1. The van der Waals surface area contributed by atoms with Crippen molar-refractivity contribution in [3.8, 4) is 0 Å². The van der Waals surface area contributed by atoms with Crippen molar-refractivity contribution in [1.82, 2.24) is 0 Å². The Bertz CT molecular complexity index is 164. The molecule has 0 aromatic carbocycles. The van der Waals surface area contributed by atoms with E-state index in [1.54, 1.807) is 0 Å². The smallest absolute Gasteiger partial charge is 0.149 e. The van der Waals surface area contributed by atoms with Crippen molar-refractivity contribution in [3.63, 3.8) is 0 Å². The third-order valence-electron chi connectivity index (χ3n) is 1.39. The molecule has 0 saturated heterocycles. The second kappa shape index (κ2) is 5.90. The van der Waals surface area contributed by atoms with E-state index in [1.807, 2.05) is 25.2 Å². The van der Waals surface area contributed by atoms with Gasteiger partial charge < -0.3 is 0 Å². The van der Waals surface area contributed by atoms with Gasteiger partial charge in [0.25, 0.3) is 0 Å². The highest BCUT2D eigenvalue weighted by Crippen LogP contribution is 2.01. The Morgan fingerprint density at radius 2 is 2.09 bits per heavy atom. The van der Waals surface area contributed by atoms with Gasteiger partial charge in [-0.1, -0.05) is 32.1 Å². The molecular formula is C10H16O. The van der Waals surface area contributed by atoms with Crippen LogP contribution in [-0.2, 0) is 4.79 Å². The van der Waals surface area contributed by atoms with Crippen LogP contribution in [0.25, 0.3) is 0 Å². The highest BCUT2D eigenvalue weighted by molar-refractivity contribution is 5.77. The van der Waals surface area contributed by atoms with E-state index in [2.05, 4.69) is 13.8 Å². The first-order chi connectivity index (χ1) is 5.20. The minimum absolute atomic E-state index is 0.663. The molecule has 0 rings (SSSR count). The Balaban J connectivity index is 3.81. The predicted octanol–water partition coefficient (Wildman–Crippen LogP) is 2.73. The first kappa shape index (κ1) is 10.2. The van der Waals surface area contributed by atoms with Crippen molar-refractivity contribution in [2.24, 2.45) is 5.92 Å². The number of hydrogen-bond donors (Lipinski definition) is 0. The molecule has 0 unspecified atom stereocenters. The van der Waals surface area contributed by atoms with Crippen LogP contribution in [0.1, 0.15) is 27.2 Å². The molecule has 0 bridgehead atoms. The van der Waals surface area contributed by atoms with Crippen molar-refractivity contribution in [3.05, 3.63) is 23.8 Å². The Labute approximate surface area is 68.8 Å². The van der Waals surface area contributed by atoms with Gasteiger partial charge in [0.05, 0.1) is 0 Å². The van der Waals surface area contributed by atoms with Crippen molar-refractivity contribution >= 4 is 6.29 Å². The fraction of sp³-hybridized carbons (Fsp3) is 0.500. The molecule has 0 aromatic heterocycles. The second-order valence-corrected chi connectivity index (χ2v) is 2.94. The fourth-order valence-corrected chi connectivity index (χ4v) is 0.680. The lowest BCUT2D eigenvalue weighted by Gasteiger charge is -1.95. The molecule has 1 heteroatoms. The zero-order chi connectivity index (χ0) is 8.69. The molecule has 0 fully saturated rings. The molecule has 0 saturated carbocycles. The lowest BCUT2D eigenvalue weighted by Crippen LogP contribution is -1.83. The molecule has 0 N–H and O–H groups in total. The molecule has 0 heterocycles. The fourth-order valence-electron chi connectivity index (χ4n) is 0.680. The first-order valence-corrected chi connectivity index (χ1v) is 3.98. The second-order valence-electron chi connectivity index (χ2n) is 2.94. The number of aldehydes is 1. The third-order valence-corrected chi connectivity index (χ3v) is 1.39. The van der Waals surface area contributed by atoms with Crippen LogP contribution in [0.2, 0.25) is 0 Å². The van der Waals surface area contributed by atoms with E-state index in [4.69, 9.17) is 0 Å². The van der Waals surface area contributed by atoms with Gasteiger partial charge in [0.1, 0.15) is 6.29 Å². The lowest BCUT2D eigenvalue weighted by molar-refractivity contribution is -0.104. The zero-order valence-corrected chi connectivity index (χ0v) is 7.50. The monoisotopic (exact) mass is 152 g/mol. The summed E-state index contributed by atoms with van der Waals surface area (Å²) in [7, 11) is 0. The normalized spacial score (nSPS) is 12.9. The average molecular weight is 152 g/mol. The van der Waals surface area contributed by atoms with E-state index in [1.165, 1.54) is 0 Å². The van der Waals surface area contributed by atoms with Crippen molar-refractivity contribution in [2.45, 2.75) is 27.2 Å². The number of rotatable bonds is 4. The molecule has 0 aromatic rings. The highest BCUT2D eigenvalue weighted by Gasteiger charge is 1.88. The molecule has 0 atom stereocenters. The van der Waals surface area contributed by atoms with Crippen LogP contribution in [0.15, 0.2) is 23.8 Å². The predicted molar refractivity (Wildman–Crippen MR) is 48.4 cm³/mol. The molecule has 0 amide bonds. The van der Waals surface area contributed by atoms with Crippen LogP contribution >= 0.6 is 0 Å². The quantitative estimate of drug-likeness (QED) is 0.344. The number of hydrogen-bond acceptors (Lipinski definition) is 1. The van der Waals surface area contributed by atoms with Crippen LogP contribution in [0.4, 0.5) is 0 Å². The molecule has 1 nitrogen and oxygen atoms in total. The molecule has 62 valence electrons. The van der Waals surface area contributed by atoms with Gasteiger partial charge in [-0.25, -0.2) is 0 Å². The van der Waals surface area contributed by atoms with E-state index in [-0.39, 0.29) is 0 Å². The summed E-state index contributed by atoms with van der Waals surface area (Å²) < 4.78 is 0. The minimum atomic E-state index is 0.663. The Morgan fingerprint density at radius 1 is 1.45 bits per heavy atom. The summed E-state index contributed by atoms with van der Waals surface area (Å²) in [5, 5.41) is 0. The number of allylic oxidation sites excluding steroid dienone is 4. The third kappa shape index (κ3) is 5.59. The van der Waals surface area contributed by atoms with Gasteiger partial charge in [-0.15, -0.1) is 0 Å². The van der Waals surface area contributed by atoms with Gasteiger partial charge in [-0.3, -0.25) is 4.79 Å². The summed E-state index contributed by atoms with van der Waals surface area (Å²) >= 11 is 0. The van der Waals surface area contributed by atoms with Gasteiger partial charge in [-0.05, 0) is 19.3 Å². The van der Waals surface area contributed by atoms with E-state index in [0.29, 0.717) is 5.92 Å². The molecule has 0 spiro atoms. The highest BCUT2D eigenvalue weighted by atomic mass is 16.1. The maximum atomic E-state index is 10.3.